The SMILES string of the molecule is Cc1c(C)c(C)c(C2[CH][CH][CH][CH]C2C)c(C)c1C. The highest BCUT2D eigenvalue weighted by molar-refractivity contribution is 5.52. The summed E-state index contributed by atoms with van der Waals surface area (Å²) in [5.41, 5.74) is 8.88. The first-order valence-corrected chi connectivity index (χ1v) is 6.87. The monoisotopic (exact) mass is 240 g/mol. The van der Waals surface area contributed by atoms with E-state index in [1.54, 1.807) is 5.56 Å². The molecule has 1 aromatic carbocycles. The van der Waals surface area contributed by atoms with Crippen molar-refractivity contribution in [3.05, 3.63) is 59.1 Å². The zero-order valence-electron chi connectivity index (χ0n) is 12.5. The Labute approximate surface area is 113 Å². The highest BCUT2D eigenvalue weighted by Crippen LogP contribution is 2.40. The van der Waals surface area contributed by atoms with Gasteiger partial charge < -0.3 is 0 Å². The van der Waals surface area contributed by atoms with E-state index in [2.05, 4.69) is 67.2 Å². The molecule has 0 amide bonds. The first-order valence-electron chi connectivity index (χ1n) is 6.87. The normalized spacial score (nSPS) is 24.3. The Balaban J connectivity index is 2.56. The summed E-state index contributed by atoms with van der Waals surface area (Å²) in [6.07, 6.45) is 9.02. The van der Waals surface area contributed by atoms with Crippen LogP contribution in [-0.4, -0.2) is 0 Å². The van der Waals surface area contributed by atoms with Crippen LogP contribution < -0.4 is 0 Å². The molecule has 4 radical (unpaired) electrons. The molecule has 1 saturated carbocycles. The predicted molar refractivity (Wildman–Crippen MR) is 79.2 cm³/mol. The van der Waals surface area contributed by atoms with Crippen molar-refractivity contribution in [1.29, 1.82) is 0 Å². The van der Waals surface area contributed by atoms with Crippen LogP contribution in [0.1, 0.15) is 46.2 Å². The minimum absolute atomic E-state index is 0.535. The molecule has 1 aromatic rings. The van der Waals surface area contributed by atoms with Crippen molar-refractivity contribution in [2.45, 2.75) is 47.5 Å². The molecule has 0 heterocycles. The maximum Gasteiger partial charge on any atom is -0.00938 e. The van der Waals surface area contributed by atoms with Crippen molar-refractivity contribution in [2.75, 3.05) is 0 Å². The standard InChI is InChI=1S/C18H24/c1-11-9-7-8-10-17(11)18-15(5)13(3)12(2)14(4)16(18)6/h7-11,17H,1-6H3. The highest BCUT2D eigenvalue weighted by atomic mass is 14.3. The molecule has 0 N–H and O–H groups in total. The van der Waals surface area contributed by atoms with Gasteiger partial charge in [0.2, 0.25) is 0 Å². The second kappa shape index (κ2) is 5.07. The third-order valence-electron chi connectivity index (χ3n) is 4.80. The largest absolute Gasteiger partial charge is 0.0616 e. The Morgan fingerprint density at radius 3 is 1.61 bits per heavy atom. The lowest BCUT2D eigenvalue weighted by molar-refractivity contribution is 0.554. The minimum atomic E-state index is 0.535. The molecule has 96 valence electrons. The molecule has 2 atom stereocenters. The minimum Gasteiger partial charge on any atom is -0.0616 e. The Bertz CT molecular complexity index is 425. The number of hydrogen-bond donors (Lipinski definition) is 0. The third-order valence-corrected chi connectivity index (χ3v) is 4.80. The smallest absolute Gasteiger partial charge is 0.00938 e. The van der Waals surface area contributed by atoms with Gasteiger partial charge in [-0.15, -0.1) is 0 Å². The van der Waals surface area contributed by atoms with Crippen LogP contribution in [0.2, 0.25) is 0 Å². The van der Waals surface area contributed by atoms with Crippen molar-refractivity contribution in [1.82, 2.24) is 0 Å². The average Bonchev–Trinajstić information content (AvgIpc) is 2.36. The fourth-order valence-corrected chi connectivity index (χ4v) is 3.11. The van der Waals surface area contributed by atoms with Gasteiger partial charge in [0.25, 0.3) is 0 Å². The van der Waals surface area contributed by atoms with E-state index < -0.39 is 0 Å². The fraction of sp³-hybridized carbons (Fsp3) is 0.444. The zero-order chi connectivity index (χ0) is 13.4. The van der Waals surface area contributed by atoms with Crippen LogP contribution in [0.15, 0.2) is 0 Å². The van der Waals surface area contributed by atoms with Crippen LogP contribution in [0.5, 0.6) is 0 Å². The molecule has 1 aliphatic carbocycles. The quantitative estimate of drug-likeness (QED) is 0.662. The van der Waals surface area contributed by atoms with Gasteiger partial charge in [0, 0.05) is 0 Å². The molecule has 0 heteroatoms. The summed E-state index contributed by atoms with van der Waals surface area (Å²) in [5, 5.41) is 0. The molecule has 18 heavy (non-hydrogen) atoms. The summed E-state index contributed by atoms with van der Waals surface area (Å²) < 4.78 is 0. The molecular weight excluding hydrogens is 216 g/mol. The average molecular weight is 240 g/mol. The lowest BCUT2D eigenvalue weighted by atomic mass is 9.72. The van der Waals surface area contributed by atoms with Crippen LogP contribution >= 0.6 is 0 Å². The van der Waals surface area contributed by atoms with Gasteiger partial charge >= 0.3 is 0 Å². The van der Waals surface area contributed by atoms with E-state index >= 15 is 0 Å². The summed E-state index contributed by atoms with van der Waals surface area (Å²) in [7, 11) is 0. The van der Waals surface area contributed by atoms with Crippen LogP contribution in [0, 0.1) is 66.2 Å². The van der Waals surface area contributed by atoms with Crippen LogP contribution in [0.3, 0.4) is 0 Å². The van der Waals surface area contributed by atoms with Gasteiger partial charge in [-0.1, -0.05) is 6.92 Å². The summed E-state index contributed by atoms with van der Waals surface area (Å²) in [6, 6.07) is 0. The zero-order valence-corrected chi connectivity index (χ0v) is 12.5. The predicted octanol–water partition coefficient (Wildman–Crippen LogP) is 4.78. The highest BCUT2D eigenvalue weighted by Gasteiger charge is 2.27. The summed E-state index contributed by atoms with van der Waals surface area (Å²) >= 11 is 0. The van der Waals surface area contributed by atoms with Crippen molar-refractivity contribution in [3.63, 3.8) is 0 Å². The summed E-state index contributed by atoms with van der Waals surface area (Å²) in [6.45, 7) is 13.6. The van der Waals surface area contributed by atoms with Gasteiger partial charge in [0.05, 0.1) is 0 Å². The second-order valence-electron chi connectivity index (χ2n) is 5.69. The fourth-order valence-electron chi connectivity index (χ4n) is 3.11. The lowest BCUT2D eigenvalue weighted by Crippen LogP contribution is -2.20. The van der Waals surface area contributed by atoms with E-state index in [0.717, 1.165) is 0 Å². The molecule has 0 aliphatic heterocycles. The van der Waals surface area contributed by atoms with Gasteiger partial charge in [-0.25, -0.2) is 0 Å². The van der Waals surface area contributed by atoms with E-state index in [9.17, 15) is 0 Å². The van der Waals surface area contributed by atoms with Gasteiger partial charge in [-0.05, 0) is 106 Å². The molecule has 0 spiro atoms. The lowest BCUT2D eigenvalue weighted by Gasteiger charge is -2.32. The summed E-state index contributed by atoms with van der Waals surface area (Å²) in [5.74, 6) is 1.13. The molecular formula is C18H24. The Morgan fingerprint density at radius 2 is 1.11 bits per heavy atom. The number of hydrogen-bond acceptors (Lipinski definition) is 0. The van der Waals surface area contributed by atoms with E-state index in [1.807, 2.05) is 0 Å². The van der Waals surface area contributed by atoms with Gasteiger partial charge in [-0.2, -0.15) is 0 Å². The molecule has 1 fully saturated rings. The first kappa shape index (κ1) is 13.6. The van der Waals surface area contributed by atoms with Gasteiger partial charge in [-0.3, -0.25) is 0 Å². The number of benzene rings is 1. The van der Waals surface area contributed by atoms with E-state index in [0.29, 0.717) is 11.8 Å². The van der Waals surface area contributed by atoms with Crippen molar-refractivity contribution in [3.8, 4) is 0 Å². The first-order chi connectivity index (χ1) is 8.45. The molecule has 0 saturated heterocycles. The Kier molecular flexibility index (Phi) is 3.84. The second-order valence-corrected chi connectivity index (χ2v) is 5.69. The maximum absolute atomic E-state index is 2.36. The Morgan fingerprint density at radius 1 is 0.667 bits per heavy atom. The molecule has 2 unspecified atom stereocenters. The molecule has 0 nitrogen and oxygen atoms in total. The topological polar surface area (TPSA) is 0 Å². The van der Waals surface area contributed by atoms with Gasteiger partial charge in [0.1, 0.15) is 0 Å². The summed E-state index contributed by atoms with van der Waals surface area (Å²) in [4.78, 5) is 0. The van der Waals surface area contributed by atoms with E-state index in [1.165, 1.54) is 27.8 Å². The number of rotatable bonds is 1. The molecule has 0 bridgehead atoms. The molecule has 0 aromatic heterocycles. The third kappa shape index (κ3) is 2.11. The molecule has 2 rings (SSSR count). The van der Waals surface area contributed by atoms with E-state index in [-0.39, 0.29) is 0 Å². The van der Waals surface area contributed by atoms with Crippen LogP contribution in [0.25, 0.3) is 0 Å². The van der Waals surface area contributed by atoms with E-state index in [4.69, 9.17) is 0 Å². The van der Waals surface area contributed by atoms with Crippen molar-refractivity contribution in [2.24, 2.45) is 5.92 Å². The Hall–Kier alpha value is -0.780. The van der Waals surface area contributed by atoms with Crippen LogP contribution in [-0.2, 0) is 0 Å². The maximum atomic E-state index is 2.36. The van der Waals surface area contributed by atoms with Crippen molar-refractivity contribution >= 4 is 0 Å². The van der Waals surface area contributed by atoms with Gasteiger partial charge in [0.15, 0.2) is 0 Å². The van der Waals surface area contributed by atoms with Crippen LogP contribution in [0.4, 0.5) is 0 Å². The van der Waals surface area contributed by atoms with Crippen molar-refractivity contribution < 1.29 is 0 Å². The molecule has 1 aliphatic rings.